The molecule has 0 bridgehead atoms. The van der Waals surface area contributed by atoms with Gasteiger partial charge in [-0.15, -0.1) is 0 Å². The molecule has 1 aliphatic heterocycles. The molecule has 1 heterocycles. The molecule has 2 N–H and O–H groups in total. The molecule has 7 heteroatoms. The monoisotopic (exact) mass is 285 g/mol. The first-order chi connectivity index (χ1) is 8.53. The van der Waals surface area contributed by atoms with Crippen molar-refractivity contribution in [2.75, 3.05) is 13.1 Å². The Hall–Kier alpha value is -1.13. The zero-order chi connectivity index (χ0) is 13.2. The summed E-state index contributed by atoms with van der Waals surface area (Å²) in [6.07, 6.45) is 0.738. The zero-order valence-electron chi connectivity index (χ0n) is 9.48. The van der Waals surface area contributed by atoms with Crippen LogP contribution in [0.2, 0.25) is 5.02 Å². The highest BCUT2D eigenvalue weighted by Crippen LogP contribution is 2.20. The lowest BCUT2D eigenvalue weighted by molar-refractivity contribution is 0.560. The predicted molar refractivity (Wildman–Crippen MR) is 67.8 cm³/mol. The second-order valence-electron chi connectivity index (χ2n) is 4.06. The lowest BCUT2D eigenvalue weighted by Gasteiger charge is -2.13. The molecule has 1 unspecified atom stereocenters. The van der Waals surface area contributed by atoms with Crippen LogP contribution in [0.4, 0.5) is 0 Å². The molecule has 2 rings (SSSR count). The number of nitriles is 1. The number of sulfonamides is 1. The van der Waals surface area contributed by atoms with Crippen molar-refractivity contribution < 1.29 is 8.42 Å². The quantitative estimate of drug-likeness (QED) is 0.863. The average molecular weight is 286 g/mol. The third-order valence-corrected chi connectivity index (χ3v) is 4.53. The third kappa shape index (κ3) is 2.82. The minimum atomic E-state index is -3.71. The Balaban J connectivity index is 2.34. The van der Waals surface area contributed by atoms with Gasteiger partial charge in [0.1, 0.15) is 11.0 Å². The lowest BCUT2D eigenvalue weighted by atomic mass is 10.2. The van der Waals surface area contributed by atoms with Gasteiger partial charge in [0.05, 0.1) is 5.56 Å². The van der Waals surface area contributed by atoms with E-state index in [1.807, 2.05) is 6.07 Å². The summed E-state index contributed by atoms with van der Waals surface area (Å²) in [6, 6.07) is 5.92. The number of hydrogen-bond acceptors (Lipinski definition) is 4. The van der Waals surface area contributed by atoms with Crippen molar-refractivity contribution in [3.05, 3.63) is 28.8 Å². The van der Waals surface area contributed by atoms with E-state index in [1.165, 1.54) is 18.2 Å². The van der Waals surface area contributed by atoms with Gasteiger partial charge in [-0.1, -0.05) is 11.6 Å². The van der Waals surface area contributed by atoms with Gasteiger partial charge in [0, 0.05) is 17.6 Å². The average Bonchev–Trinajstić information content (AvgIpc) is 2.81. The highest BCUT2D eigenvalue weighted by Gasteiger charge is 2.25. The Kier molecular flexibility index (Phi) is 3.88. The first-order valence-electron chi connectivity index (χ1n) is 5.45. The molecular weight excluding hydrogens is 274 g/mol. The van der Waals surface area contributed by atoms with E-state index in [0.29, 0.717) is 11.6 Å². The van der Waals surface area contributed by atoms with Crippen molar-refractivity contribution in [3.63, 3.8) is 0 Å². The fourth-order valence-corrected chi connectivity index (χ4v) is 3.54. The number of rotatable bonds is 3. The maximum atomic E-state index is 12.2. The maximum Gasteiger partial charge on any atom is 0.242 e. The van der Waals surface area contributed by atoms with Crippen LogP contribution in [-0.2, 0) is 10.0 Å². The van der Waals surface area contributed by atoms with Gasteiger partial charge >= 0.3 is 0 Å². The Bertz CT molecular complexity index is 589. The van der Waals surface area contributed by atoms with E-state index in [-0.39, 0.29) is 16.5 Å². The number of halogens is 1. The minimum absolute atomic E-state index is 0.0654. The van der Waals surface area contributed by atoms with Crippen molar-refractivity contribution in [1.29, 1.82) is 5.26 Å². The van der Waals surface area contributed by atoms with E-state index in [0.717, 1.165) is 13.0 Å². The first kappa shape index (κ1) is 13.3. The topological polar surface area (TPSA) is 82.0 Å². The second kappa shape index (κ2) is 5.24. The normalized spacial score (nSPS) is 19.7. The zero-order valence-corrected chi connectivity index (χ0v) is 11.1. The molecule has 0 amide bonds. The van der Waals surface area contributed by atoms with Crippen molar-refractivity contribution in [3.8, 4) is 6.07 Å². The molecule has 0 spiro atoms. The van der Waals surface area contributed by atoms with Crippen LogP contribution in [0.1, 0.15) is 12.0 Å². The Labute approximate surface area is 111 Å². The van der Waals surface area contributed by atoms with Crippen LogP contribution in [0.15, 0.2) is 23.1 Å². The Morgan fingerprint density at radius 1 is 1.50 bits per heavy atom. The molecule has 0 aromatic heterocycles. The molecule has 0 saturated carbocycles. The predicted octanol–water partition coefficient (Wildman–Crippen LogP) is 0.852. The Morgan fingerprint density at radius 3 is 2.89 bits per heavy atom. The number of hydrogen-bond donors (Lipinski definition) is 2. The standard InChI is InChI=1S/C11H12ClN3O2S/c12-9-2-1-8(6-13)11(5-9)18(16,17)15-10-3-4-14-7-10/h1-2,5,10,14-15H,3-4,7H2. The molecule has 0 radical (unpaired) electrons. The van der Waals surface area contributed by atoms with Gasteiger partial charge in [0.25, 0.3) is 0 Å². The summed E-state index contributed by atoms with van der Waals surface area (Å²) in [5.41, 5.74) is 0.0952. The molecule has 1 fully saturated rings. The van der Waals surface area contributed by atoms with Gasteiger partial charge in [0.15, 0.2) is 0 Å². The lowest BCUT2D eigenvalue weighted by Crippen LogP contribution is -2.36. The van der Waals surface area contributed by atoms with E-state index in [4.69, 9.17) is 16.9 Å². The largest absolute Gasteiger partial charge is 0.315 e. The minimum Gasteiger partial charge on any atom is -0.315 e. The van der Waals surface area contributed by atoms with Gasteiger partial charge in [-0.2, -0.15) is 5.26 Å². The smallest absolute Gasteiger partial charge is 0.242 e. The summed E-state index contributed by atoms with van der Waals surface area (Å²) in [5, 5.41) is 12.3. The van der Waals surface area contributed by atoms with Gasteiger partial charge in [-0.25, -0.2) is 13.1 Å². The SMILES string of the molecule is N#Cc1ccc(Cl)cc1S(=O)(=O)NC1CCNC1. The molecule has 18 heavy (non-hydrogen) atoms. The summed E-state index contributed by atoms with van der Waals surface area (Å²) in [6.45, 7) is 1.38. The molecule has 1 aromatic carbocycles. The van der Waals surface area contributed by atoms with Gasteiger partial charge in [0.2, 0.25) is 10.0 Å². The third-order valence-electron chi connectivity index (χ3n) is 2.74. The molecule has 1 aromatic rings. The summed E-state index contributed by atoms with van der Waals surface area (Å²) < 4.78 is 26.9. The van der Waals surface area contributed by atoms with Crippen LogP contribution in [0.25, 0.3) is 0 Å². The first-order valence-corrected chi connectivity index (χ1v) is 7.32. The molecule has 96 valence electrons. The fourth-order valence-electron chi connectivity index (χ4n) is 1.85. The van der Waals surface area contributed by atoms with Crippen LogP contribution >= 0.6 is 11.6 Å². The van der Waals surface area contributed by atoms with Crippen LogP contribution in [-0.4, -0.2) is 27.5 Å². The van der Waals surface area contributed by atoms with E-state index in [1.54, 1.807) is 0 Å². The molecule has 1 saturated heterocycles. The second-order valence-corrected chi connectivity index (χ2v) is 6.18. The maximum absolute atomic E-state index is 12.2. The number of benzene rings is 1. The number of nitrogens with zero attached hydrogens (tertiary/aromatic N) is 1. The van der Waals surface area contributed by atoms with E-state index in [9.17, 15) is 8.42 Å². The van der Waals surface area contributed by atoms with Crippen LogP contribution in [0, 0.1) is 11.3 Å². The van der Waals surface area contributed by atoms with Gasteiger partial charge in [-0.3, -0.25) is 0 Å². The van der Waals surface area contributed by atoms with Crippen LogP contribution in [0.3, 0.4) is 0 Å². The fraction of sp³-hybridized carbons (Fsp3) is 0.364. The van der Waals surface area contributed by atoms with Gasteiger partial charge < -0.3 is 5.32 Å². The van der Waals surface area contributed by atoms with E-state index < -0.39 is 10.0 Å². The molecule has 1 aliphatic rings. The summed E-state index contributed by atoms with van der Waals surface area (Å²) in [4.78, 5) is -0.0654. The van der Waals surface area contributed by atoms with Crippen molar-refractivity contribution >= 4 is 21.6 Å². The van der Waals surface area contributed by atoms with Crippen molar-refractivity contribution in [2.24, 2.45) is 0 Å². The Morgan fingerprint density at radius 2 is 2.28 bits per heavy atom. The van der Waals surface area contributed by atoms with Crippen LogP contribution in [0.5, 0.6) is 0 Å². The van der Waals surface area contributed by atoms with Crippen molar-refractivity contribution in [1.82, 2.24) is 10.0 Å². The summed E-state index contributed by atoms with van der Waals surface area (Å²) >= 11 is 5.78. The number of nitrogens with one attached hydrogen (secondary N) is 2. The molecule has 1 atom stereocenters. The van der Waals surface area contributed by atoms with E-state index in [2.05, 4.69) is 10.0 Å². The molecular formula is C11H12ClN3O2S. The van der Waals surface area contributed by atoms with Crippen molar-refractivity contribution in [2.45, 2.75) is 17.4 Å². The summed E-state index contributed by atoms with van der Waals surface area (Å²) in [7, 11) is -3.71. The highest BCUT2D eigenvalue weighted by molar-refractivity contribution is 7.89. The molecule has 5 nitrogen and oxygen atoms in total. The highest BCUT2D eigenvalue weighted by atomic mass is 35.5. The summed E-state index contributed by atoms with van der Waals surface area (Å²) in [5.74, 6) is 0. The molecule has 0 aliphatic carbocycles. The van der Waals surface area contributed by atoms with Crippen LogP contribution < -0.4 is 10.0 Å². The van der Waals surface area contributed by atoms with Gasteiger partial charge in [-0.05, 0) is 31.2 Å². The van der Waals surface area contributed by atoms with E-state index >= 15 is 0 Å².